The molecule has 0 saturated carbocycles. The molecule has 11 heteroatoms. The van der Waals surface area contributed by atoms with Gasteiger partial charge in [-0.05, 0) is 38.7 Å². The van der Waals surface area contributed by atoms with Crippen LogP contribution in [0.2, 0.25) is 0 Å². The summed E-state index contributed by atoms with van der Waals surface area (Å²) in [5, 5.41) is 20.4. The highest BCUT2D eigenvalue weighted by Crippen LogP contribution is 2.40. The van der Waals surface area contributed by atoms with Crippen molar-refractivity contribution in [3.8, 4) is 23.1 Å². The summed E-state index contributed by atoms with van der Waals surface area (Å²) in [6.07, 6.45) is 10.6. The molecule has 1 aliphatic rings. The van der Waals surface area contributed by atoms with Crippen LogP contribution in [0.1, 0.15) is 12.0 Å². The highest BCUT2D eigenvalue weighted by Gasteiger charge is 2.27. The number of anilines is 4. The molecule has 11 nitrogen and oxygen atoms in total. The smallest absolute Gasteiger partial charge is 0.248 e. The number of nitrogens with zero attached hydrogens (tertiary/aromatic N) is 7. The lowest BCUT2D eigenvalue weighted by Gasteiger charge is -2.25. The molecule has 3 aromatic heterocycles. The van der Waals surface area contributed by atoms with Gasteiger partial charge in [-0.1, -0.05) is 24.8 Å². The highest BCUT2D eigenvalue weighted by atomic mass is 16.5. The van der Waals surface area contributed by atoms with Gasteiger partial charge in [0.05, 0.1) is 53.3 Å². The predicted octanol–water partition coefficient (Wildman–Crippen LogP) is 4.24. The molecule has 0 spiro atoms. The zero-order chi connectivity index (χ0) is 28.9. The topological polar surface area (TPSA) is 124 Å². The van der Waals surface area contributed by atoms with Crippen molar-refractivity contribution in [1.82, 2.24) is 24.5 Å². The maximum atomic E-state index is 12.7. The van der Waals surface area contributed by atoms with Gasteiger partial charge in [0.1, 0.15) is 11.8 Å². The Kier molecular flexibility index (Phi) is 7.94. The minimum atomic E-state index is -0.282. The monoisotopic (exact) mass is 549 g/mol. The Morgan fingerprint density at radius 2 is 2.12 bits per heavy atom. The third-order valence-electron chi connectivity index (χ3n) is 7.03. The zero-order valence-corrected chi connectivity index (χ0v) is 23.2. The lowest BCUT2D eigenvalue weighted by atomic mass is 10.1. The molecule has 41 heavy (non-hydrogen) atoms. The molecule has 4 heterocycles. The molecule has 0 aliphatic carbocycles. The van der Waals surface area contributed by atoms with Crippen molar-refractivity contribution in [2.24, 2.45) is 0 Å². The first-order valence-electron chi connectivity index (χ1n) is 13.1. The number of pyridine rings is 1. The summed E-state index contributed by atoms with van der Waals surface area (Å²) in [7, 11) is 5.73. The van der Waals surface area contributed by atoms with E-state index in [0.29, 0.717) is 40.0 Å². The average molecular weight is 550 g/mol. The largest absolute Gasteiger partial charge is 0.494 e. The number of allylic oxidation sites excluding steroid dienone is 2. The summed E-state index contributed by atoms with van der Waals surface area (Å²) in [6, 6.07) is 12.0. The molecule has 1 saturated heterocycles. The first-order valence-corrected chi connectivity index (χ1v) is 13.1. The summed E-state index contributed by atoms with van der Waals surface area (Å²) >= 11 is 0. The number of benzene rings is 1. The van der Waals surface area contributed by atoms with Gasteiger partial charge in [-0.25, -0.2) is 14.5 Å². The second kappa shape index (κ2) is 11.9. The number of carbonyl (C=O) groups is 1. The van der Waals surface area contributed by atoms with Crippen LogP contribution in [-0.2, 0) is 4.79 Å². The quantitative estimate of drug-likeness (QED) is 0.233. The second-order valence-corrected chi connectivity index (χ2v) is 9.79. The number of hydrogen-bond acceptors (Lipinski definition) is 9. The molecule has 1 aromatic carbocycles. The molecule has 208 valence electrons. The van der Waals surface area contributed by atoms with E-state index in [4.69, 9.17) is 4.74 Å². The third kappa shape index (κ3) is 5.73. The van der Waals surface area contributed by atoms with Gasteiger partial charge in [0.25, 0.3) is 0 Å². The van der Waals surface area contributed by atoms with Gasteiger partial charge in [0.15, 0.2) is 0 Å². The summed E-state index contributed by atoms with van der Waals surface area (Å²) in [5.41, 5.74) is 4.32. The molecule has 0 bridgehead atoms. The van der Waals surface area contributed by atoms with Crippen LogP contribution < -0.4 is 20.3 Å². The van der Waals surface area contributed by atoms with E-state index in [1.54, 1.807) is 30.0 Å². The Morgan fingerprint density at radius 3 is 2.85 bits per heavy atom. The number of hydrogen-bond donors (Lipinski definition) is 2. The van der Waals surface area contributed by atoms with Crippen LogP contribution in [0.15, 0.2) is 73.7 Å². The van der Waals surface area contributed by atoms with Crippen LogP contribution in [0, 0.1) is 11.3 Å². The maximum Gasteiger partial charge on any atom is 0.248 e. The number of likely N-dealkylation sites (N-methyl/N-ethyl adjacent to an activating group) is 1. The van der Waals surface area contributed by atoms with Crippen molar-refractivity contribution >= 4 is 34.4 Å². The number of nitrogens with one attached hydrogen (secondary N) is 2. The van der Waals surface area contributed by atoms with E-state index in [9.17, 15) is 10.1 Å². The van der Waals surface area contributed by atoms with E-state index in [0.717, 1.165) is 30.7 Å². The molecule has 1 aliphatic heterocycles. The minimum absolute atomic E-state index is 0.262. The summed E-state index contributed by atoms with van der Waals surface area (Å²) < 4.78 is 7.49. The van der Waals surface area contributed by atoms with E-state index < -0.39 is 0 Å². The van der Waals surface area contributed by atoms with Crippen LogP contribution in [0.4, 0.5) is 23.0 Å². The van der Waals surface area contributed by atoms with Crippen molar-refractivity contribution in [3.05, 3.63) is 79.3 Å². The lowest BCUT2D eigenvalue weighted by molar-refractivity contribution is -0.111. The Hall–Kier alpha value is -5.21. The van der Waals surface area contributed by atoms with Gasteiger partial charge in [0, 0.05) is 43.0 Å². The Morgan fingerprint density at radius 1 is 1.27 bits per heavy atom. The van der Waals surface area contributed by atoms with Crippen molar-refractivity contribution in [3.63, 3.8) is 0 Å². The Balaban J connectivity index is 1.54. The molecule has 5 rings (SSSR count). The first-order chi connectivity index (χ1) is 19.9. The number of amides is 1. The summed E-state index contributed by atoms with van der Waals surface area (Å²) in [4.78, 5) is 26.2. The van der Waals surface area contributed by atoms with Crippen LogP contribution in [0.5, 0.6) is 5.75 Å². The van der Waals surface area contributed by atoms with E-state index in [2.05, 4.69) is 62.2 Å². The number of rotatable bonds is 9. The van der Waals surface area contributed by atoms with Gasteiger partial charge in [-0.15, -0.1) is 0 Å². The molecular formula is C30H31N9O2. The van der Waals surface area contributed by atoms with Gasteiger partial charge in [-0.2, -0.15) is 10.4 Å². The van der Waals surface area contributed by atoms with Gasteiger partial charge < -0.3 is 25.2 Å². The zero-order valence-electron chi connectivity index (χ0n) is 23.2. The van der Waals surface area contributed by atoms with Crippen LogP contribution in [0.25, 0.3) is 16.8 Å². The number of carbonyl (C=O) groups excluding carboxylic acids is 1. The molecule has 1 fully saturated rings. The normalized spacial score (nSPS) is 14.9. The molecular weight excluding hydrogens is 518 g/mol. The summed E-state index contributed by atoms with van der Waals surface area (Å²) in [5.74, 6) is 0.534. The van der Waals surface area contributed by atoms with Crippen molar-refractivity contribution in [2.75, 3.05) is 49.8 Å². The molecule has 1 atom stereocenters. The molecule has 4 aromatic rings. The number of nitriles is 1. The standard InChI is InChI=1S/C30H31N9O2/c1-5-6-10-28(40)34-23-14-24(27(41-4)15-26(23)38-13-11-21(19-38)37(2)3)35-30-32-17-20(16-31)29(36-30)22-18-33-39-12-8-7-9-25(22)39/h5-10,12,14-15,17-18,21H,1,11,13,19H2,2-4H3,(H,34,40)(H,32,35,36)/b10-6+/t21-/m1/s1. The molecule has 2 N–H and O–H groups in total. The van der Waals surface area contributed by atoms with E-state index in [1.807, 2.05) is 36.5 Å². The van der Waals surface area contributed by atoms with Crippen LogP contribution in [0.3, 0.4) is 0 Å². The van der Waals surface area contributed by atoms with E-state index >= 15 is 0 Å². The average Bonchev–Trinajstić information content (AvgIpc) is 3.64. The lowest BCUT2D eigenvalue weighted by Crippen LogP contribution is -2.31. The van der Waals surface area contributed by atoms with Gasteiger partial charge >= 0.3 is 0 Å². The Bertz CT molecular complexity index is 1670. The summed E-state index contributed by atoms with van der Waals surface area (Å²) in [6.45, 7) is 5.29. The second-order valence-electron chi connectivity index (χ2n) is 9.79. The van der Waals surface area contributed by atoms with Crippen molar-refractivity contribution in [1.29, 1.82) is 5.26 Å². The van der Waals surface area contributed by atoms with Crippen molar-refractivity contribution < 1.29 is 9.53 Å². The molecule has 1 amide bonds. The number of fused-ring (bicyclic) bond motifs is 1. The number of methoxy groups -OCH3 is 1. The number of aromatic nitrogens is 4. The van der Waals surface area contributed by atoms with Gasteiger partial charge in [0.2, 0.25) is 11.9 Å². The number of ether oxygens (including phenoxy) is 1. The highest BCUT2D eigenvalue weighted by molar-refractivity contribution is 6.02. The van der Waals surface area contributed by atoms with Crippen LogP contribution >= 0.6 is 0 Å². The minimum Gasteiger partial charge on any atom is -0.494 e. The van der Waals surface area contributed by atoms with E-state index in [1.165, 1.54) is 12.3 Å². The first kappa shape index (κ1) is 27.4. The maximum absolute atomic E-state index is 12.7. The molecule has 0 unspecified atom stereocenters. The van der Waals surface area contributed by atoms with Gasteiger partial charge in [-0.3, -0.25) is 4.79 Å². The Labute approximate surface area is 238 Å². The fourth-order valence-electron chi connectivity index (χ4n) is 4.88. The fourth-order valence-corrected chi connectivity index (χ4v) is 4.88. The SMILES string of the molecule is C=C/C=C/C(=O)Nc1cc(Nc2ncc(C#N)c(-c3cnn4ccccc34)n2)c(OC)cc1N1CC[C@@H](N(C)C)C1. The van der Waals surface area contributed by atoms with Crippen molar-refractivity contribution in [2.45, 2.75) is 12.5 Å². The fraction of sp³-hybridized carbons (Fsp3) is 0.233. The van der Waals surface area contributed by atoms with Crippen LogP contribution in [-0.4, -0.2) is 70.7 Å². The van der Waals surface area contributed by atoms with E-state index in [-0.39, 0.29) is 11.9 Å². The molecule has 0 radical (unpaired) electrons. The predicted molar refractivity (Wildman–Crippen MR) is 159 cm³/mol. The third-order valence-corrected chi connectivity index (χ3v) is 7.03.